The lowest BCUT2D eigenvalue weighted by atomic mass is 9.81. The van der Waals surface area contributed by atoms with Crippen LogP contribution >= 0.6 is 0 Å². The Bertz CT molecular complexity index is 1100. The predicted molar refractivity (Wildman–Crippen MR) is 134 cm³/mol. The number of amides is 1. The van der Waals surface area contributed by atoms with Crippen molar-refractivity contribution >= 4 is 11.9 Å². The van der Waals surface area contributed by atoms with E-state index in [1.807, 2.05) is 48.5 Å². The van der Waals surface area contributed by atoms with E-state index in [0.29, 0.717) is 18.9 Å². The molecule has 1 atom stereocenters. The molecule has 34 heavy (non-hydrogen) atoms. The Morgan fingerprint density at radius 2 is 1.59 bits per heavy atom. The molecule has 1 amide bonds. The Morgan fingerprint density at radius 1 is 0.882 bits per heavy atom. The number of benzene rings is 3. The van der Waals surface area contributed by atoms with Gasteiger partial charge in [-0.05, 0) is 85.0 Å². The molecule has 3 aromatic rings. The molecule has 3 aromatic carbocycles. The van der Waals surface area contributed by atoms with Gasteiger partial charge in [0.15, 0.2) is 0 Å². The van der Waals surface area contributed by atoms with Crippen LogP contribution in [0.15, 0.2) is 78.9 Å². The highest BCUT2D eigenvalue weighted by molar-refractivity contribution is 5.88. The van der Waals surface area contributed by atoms with Crippen LogP contribution in [0.2, 0.25) is 0 Å². The van der Waals surface area contributed by atoms with Crippen LogP contribution in [0.1, 0.15) is 53.2 Å². The Hall–Kier alpha value is -3.44. The SMILES string of the molecule is NCC1CCC(C(=O)NC(Cc2ccccc2)c2cccc(-c3ccc(C(=O)O)cc3)c2)CC1. The Labute approximate surface area is 201 Å². The Balaban J connectivity index is 1.56. The number of aromatic carboxylic acids is 1. The Kier molecular flexibility index (Phi) is 7.76. The average molecular weight is 457 g/mol. The van der Waals surface area contributed by atoms with Gasteiger partial charge < -0.3 is 16.2 Å². The van der Waals surface area contributed by atoms with Crippen LogP contribution in [0.5, 0.6) is 0 Å². The molecule has 4 rings (SSSR count). The molecular formula is C29H32N2O3. The van der Waals surface area contributed by atoms with Crippen molar-refractivity contribution < 1.29 is 14.7 Å². The number of nitrogens with one attached hydrogen (secondary N) is 1. The summed E-state index contributed by atoms with van der Waals surface area (Å²) < 4.78 is 0. The number of rotatable bonds is 8. The summed E-state index contributed by atoms with van der Waals surface area (Å²) in [6.45, 7) is 0.700. The van der Waals surface area contributed by atoms with Crippen LogP contribution in [-0.2, 0) is 11.2 Å². The summed E-state index contributed by atoms with van der Waals surface area (Å²) in [5.74, 6) is -0.250. The molecule has 0 bridgehead atoms. The minimum Gasteiger partial charge on any atom is -0.478 e. The first-order valence-electron chi connectivity index (χ1n) is 12.0. The number of carboxylic acids is 1. The van der Waals surface area contributed by atoms with E-state index in [-0.39, 0.29) is 23.4 Å². The molecule has 1 aliphatic carbocycles. The van der Waals surface area contributed by atoms with Gasteiger partial charge in [0.1, 0.15) is 0 Å². The van der Waals surface area contributed by atoms with Gasteiger partial charge in [0.05, 0.1) is 11.6 Å². The van der Waals surface area contributed by atoms with Gasteiger partial charge in [0.25, 0.3) is 0 Å². The van der Waals surface area contributed by atoms with Crippen molar-refractivity contribution in [1.29, 1.82) is 0 Å². The maximum Gasteiger partial charge on any atom is 0.335 e. The summed E-state index contributed by atoms with van der Waals surface area (Å²) in [6.07, 6.45) is 4.51. The highest BCUT2D eigenvalue weighted by Gasteiger charge is 2.27. The van der Waals surface area contributed by atoms with E-state index in [1.54, 1.807) is 12.1 Å². The molecule has 0 radical (unpaired) electrons. The van der Waals surface area contributed by atoms with Crippen LogP contribution in [0, 0.1) is 11.8 Å². The summed E-state index contributed by atoms with van der Waals surface area (Å²) in [4.78, 5) is 24.4. The molecule has 0 aliphatic heterocycles. The lowest BCUT2D eigenvalue weighted by Gasteiger charge is -2.29. The summed E-state index contributed by atoms with van der Waals surface area (Å²) in [5, 5.41) is 12.5. The molecule has 5 nitrogen and oxygen atoms in total. The van der Waals surface area contributed by atoms with E-state index in [0.717, 1.165) is 47.9 Å². The molecule has 5 heteroatoms. The zero-order valence-electron chi connectivity index (χ0n) is 19.3. The maximum atomic E-state index is 13.2. The molecule has 1 unspecified atom stereocenters. The third-order valence-corrected chi connectivity index (χ3v) is 6.90. The first-order valence-corrected chi connectivity index (χ1v) is 12.0. The molecule has 0 spiro atoms. The van der Waals surface area contributed by atoms with Crippen LogP contribution in [0.3, 0.4) is 0 Å². The first kappa shape index (κ1) is 23.7. The molecule has 176 valence electrons. The van der Waals surface area contributed by atoms with Crippen molar-refractivity contribution in [1.82, 2.24) is 5.32 Å². The molecule has 4 N–H and O–H groups in total. The van der Waals surface area contributed by atoms with Crippen molar-refractivity contribution in [2.75, 3.05) is 6.54 Å². The Morgan fingerprint density at radius 3 is 2.24 bits per heavy atom. The number of nitrogens with two attached hydrogens (primary N) is 1. The summed E-state index contributed by atoms with van der Waals surface area (Å²) in [6, 6.07) is 25.1. The second kappa shape index (κ2) is 11.1. The van der Waals surface area contributed by atoms with E-state index >= 15 is 0 Å². The van der Waals surface area contributed by atoms with Gasteiger partial charge in [-0.15, -0.1) is 0 Å². The van der Waals surface area contributed by atoms with E-state index in [2.05, 4.69) is 23.5 Å². The fraction of sp³-hybridized carbons (Fsp3) is 0.310. The number of carbonyl (C=O) groups excluding carboxylic acids is 1. The van der Waals surface area contributed by atoms with Gasteiger partial charge >= 0.3 is 5.97 Å². The van der Waals surface area contributed by atoms with Gasteiger partial charge in [-0.1, -0.05) is 60.7 Å². The highest BCUT2D eigenvalue weighted by atomic mass is 16.4. The average Bonchev–Trinajstić information content (AvgIpc) is 2.89. The van der Waals surface area contributed by atoms with Crippen LogP contribution in [-0.4, -0.2) is 23.5 Å². The standard InChI is InChI=1S/C29H32N2O3/c30-19-21-9-11-23(12-10-21)28(32)31-27(17-20-5-2-1-3-6-20)26-8-4-7-25(18-26)22-13-15-24(16-14-22)29(33)34/h1-8,13-16,18,21,23,27H,9-12,17,19,30H2,(H,31,32)(H,33,34). The second-order valence-electron chi connectivity index (χ2n) is 9.21. The minimum atomic E-state index is -0.938. The van der Waals surface area contributed by atoms with E-state index < -0.39 is 5.97 Å². The lowest BCUT2D eigenvalue weighted by Crippen LogP contribution is -2.37. The molecule has 1 saturated carbocycles. The maximum absolute atomic E-state index is 13.2. The van der Waals surface area contributed by atoms with Crippen molar-refractivity contribution in [3.63, 3.8) is 0 Å². The zero-order chi connectivity index (χ0) is 23.9. The summed E-state index contributed by atoms with van der Waals surface area (Å²) in [7, 11) is 0. The summed E-state index contributed by atoms with van der Waals surface area (Å²) >= 11 is 0. The molecule has 0 saturated heterocycles. The topological polar surface area (TPSA) is 92.4 Å². The predicted octanol–water partition coefficient (Wildman–Crippen LogP) is 5.22. The van der Waals surface area contributed by atoms with Gasteiger partial charge in [0.2, 0.25) is 5.91 Å². The van der Waals surface area contributed by atoms with Crippen molar-refractivity contribution in [3.8, 4) is 11.1 Å². The largest absolute Gasteiger partial charge is 0.478 e. The lowest BCUT2D eigenvalue weighted by molar-refractivity contribution is -0.127. The quantitative estimate of drug-likeness (QED) is 0.433. The smallest absolute Gasteiger partial charge is 0.335 e. The first-order chi connectivity index (χ1) is 16.5. The van der Waals surface area contributed by atoms with Crippen molar-refractivity contribution in [3.05, 3.63) is 95.6 Å². The normalized spacial score (nSPS) is 18.7. The molecule has 1 aliphatic rings. The van der Waals surface area contributed by atoms with Gasteiger partial charge in [-0.2, -0.15) is 0 Å². The molecular weight excluding hydrogens is 424 g/mol. The van der Waals surface area contributed by atoms with Gasteiger partial charge in [0, 0.05) is 5.92 Å². The zero-order valence-corrected chi connectivity index (χ0v) is 19.3. The number of carbonyl (C=O) groups is 2. The fourth-order valence-corrected chi connectivity index (χ4v) is 4.79. The van der Waals surface area contributed by atoms with Gasteiger partial charge in [-0.3, -0.25) is 4.79 Å². The third-order valence-electron chi connectivity index (χ3n) is 6.90. The van der Waals surface area contributed by atoms with Crippen LogP contribution in [0.25, 0.3) is 11.1 Å². The number of carboxylic acid groups (broad SMARTS) is 1. The van der Waals surface area contributed by atoms with E-state index in [4.69, 9.17) is 5.73 Å². The van der Waals surface area contributed by atoms with Crippen LogP contribution in [0.4, 0.5) is 0 Å². The highest BCUT2D eigenvalue weighted by Crippen LogP contribution is 2.30. The van der Waals surface area contributed by atoms with E-state index in [1.165, 1.54) is 0 Å². The van der Waals surface area contributed by atoms with Crippen molar-refractivity contribution in [2.24, 2.45) is 17.6 Å². The van der Waals surface area contributed by atoms with Crippen LogP contribution < -0.4 is 11.1 Å². The second-order valence-corrected chi connectivity index (χ2v) is 9.21. The minimum absolute atomic E-state index is 0.0350. The number of hydrogen-bond acceptors (Lipinski definition) is 3. The summed E-state index contributed by atoms with van der Waals surface area (Å²) in [5.41, 5.74) is 10.2. The number of hydrogen-bond donors (Lipinski definition) is 3. The molecule has 0 heterocycles. The molecule has 0 aromatic heterocycles. The third kappa shape index (κ3) is 5.91. The van der Waals surface area contributed by atoms with Crippen molar-refractivity contribution in [2.45, 2.75) is 38.1 Å². The monoisotopic (exact) mass is 456 g/mol. The fourth-order valence-electron chi connectivity index (χ4n) is 4.79. The van der Waals surface area contributed by atoms with E-state index in [9.17, 15) is 14.7 Å². The molecule has 1 fully saturated rings. The van der Waals surface area contributed by atoms with Gasteiger partial charge in [-0.25, -0.2) is 4.79 Å².